The van der Waals surface area contributed by atoms with E-state index in [1.54, 1.807) is 6.20 Å². The Labute approximate surface area is 122 Å². The standard InChI is InChI=1S/C14H27ClN4/c1-6-7-16-13(11(2)3)14-12(15)10-17-19(14)9-8-18(4)5/h10-11,13,16H,6-9H2,1-5H3. The van der Waals surface area contributed by atoms with Gasteiger partial charge in [-0.05, 0) is 33.0 Å². The summed E-state index contributed by atoms with van der Waals surface area (Å²) in [5.74, 6) is 0.485. The molecule has 0 bridgehead atoms. The molecule has 1 heterocycles. The zero-order valence-electron chi connectivity index (χ0n) is 12.8. The summed E-state index contributed by atoms with van der Waals surface area (Å²) in [5.41, 5.74) is 1.12. The van der Waals surface area contributed by atoms with Crippen LogP contribution in [0.4, 0.5) is 0 Å². The monoisotopic (exact) mass is 286 g/mol. The van der Waals surface area contributed by atoms with E-state index in [1.165, 1.54) is 0 Å². The minimum absolute atomic E-state index is 0.261. The molecule has 0 radical (unpaired) electrons. The second kappa shape index (κ2) is 7.88. The van der Waals surface area contributed by atoms with E-state index in [2.05, 4.69) is 50.2 Å². The van der Waals surface area contributed by atoms with Gasteiger partial charge in [0.2, 0.25) is 0 Å². The first-order valence-corrected chi connectivity index (χ1v) is 7.44. The van der Waals surface area contributed by atoms with Gasteiger partial charge in [-0.3, -0.25) is 4.68 Å². The Morgan fingerprint density at radius 2 is 2.11 bits per heavy atom. The van der Waals surface area contributed by atoms with Crippen LogP contribution in [0.2, 0.25) is 5.02 Å². The van der Waals surface area contributed by atoms with E-state index in [0.717, 1.165) is 36.8 Å². The largest absolute Gasteiger partial charge is 0.308 e. The Bertz CT molecular complexity index is 374. The summed E-state index contributed by atoms with van der Waals surface area (Å²) < 4.78 is 2.04. The lowest BCUT2D eigenvalue weighted by atomic mass is 10.0. The van der Waals surface area contributed by atoms with Gasteiger partial charge in [0.15, 0.2) is 0 Å². The van der Waals surface area contributed by atoms with Crippen LogP contribution in [0, 0.1) is 5.92 Å². The summed E-state index contributed by atoms with van der Waals surface area (Å²) in [7, 11) is 4.14. The van der Waals surface area contributed by atoms with E-state index >= 15 is 0 Å². The van der Waals surface area contributed by atoms with Crippen molar-refractivity contribution in [2.45, 2.75) is 39.8 Å². The Morgan fingerprint density at radius 3 is 2.63 bits per heavy atom. The maximum absolute atomic E-state index is 6.34. The van der Waals surface area contributed by atoms with E-state index in [1.807, 2.05) is 4.68 Å². The van der Waals surface area contributed by atoms with Crippen LogP contribution >= 0.6 is 11.6 Å². The third-order valence-corrected chi connectivity index (χ3v) is 3.46. The fourth-order valence-corrected chi connectivity index (χ4v) is 2.36. The molecular weight excluding hydrogens is 260 g/mol. The SMILES string of the molecule is CCCNC(c1c(Cl)cnn1CCN(C)C)C(C)C. The highest BCUT2D eigenvalue weighted by atomic mass is 35.5. The van der Waals surface area contributed by atoms with E-state index < -0.39 is 0 Å². The van der Waals surface area contributed by atoms with E-state index in [0.29, 0.717) is 5.92 Å². The van der Waals surface area contributed by atoms with Crippen molar-refractivity contribution < 1.29 is 0 Å². The summed E-state index contributed by atoms with van der Waals surface area (Å²) in [4.78, 5) is 2.16. The molecule has 4 nitrogen and oxygen atoms in total. The third kappa shape index (κ3) is 4.79. The minimum atomic E-state index is 0.261. The second-order valence-electron chi connectivity index (χ2n) is 5.58. The van der Waals surface area contributed by atoms with Crippen molar-refractivity contribution in [3.8, 4) is 0 Å². The van der Waals surface area contributed by atoms with Crippen LogP contribution in [-0.4, -0.2) is 41.9 Å². The van der Waals surface area contributed by atoms with Gasteiger partial charge in [0.1, 0.15) is 0 Å². The van der Waals surface area contributed by atoms with Crippen LogP contribution in [0.15, 0.2) is 6.20 Å². The molecule has 1 rings (SSSR count). The maximum Gasteiger partial charge on any atom is 0.0834 e. The van der Waals surface area contributed by atoms with Crippen LogP contribution in [-0.2, 0) is 6.54 Å². The first-order chi connectivity index (χ1) is 8.97. The Hall–Kier alpha value is -0.580. The minimum Gasteiger partial charge on any atom is -0.308 e. The van der Waals surface area contributed by atoms with Gasteiger partial charge in [-0.15, -0.1) is 0 Å². The molecule has 5 heteroatoms. The van der Waals surface area contributed by atoms with Gasteiger partial charge in [-0.1, -0.05) is 32.4 Å². The normalized spacial score (nSPS) is 13.5. The summed E-state index contributed by atoms with van der Waals surface area (Å²) in [6.45, 7) is 9.43. The third-order valence-electron chi connectivity index (χ3n) is 3.17. The molecule has 1 unspecified atom stereocenters. The van der Waals surface area contributed by atoms with Gasteiger partial charge >= 0.3 is 0 Å². The van der Waals surface area contributed by atoms with Gasteiger partial charge < -0.3 is 10.2 Å². The van der Waals surface area contributed by atoms with Gasteiger partial charge in [-0.2, -0.15) is 5.10 Å². The molecule has 0 fully saturated rings. The summed E-state index contributed by atoms with van der Waals surface area (Å²) in [6, 6.07) is 0.261. The fourth-order valence-electron chi connectivity index (χ4n) is 2.10. The number of nitrogens with one attached hydrogen (secondary N) is 1. The number of rotatable bonds is 8. The molecule has 1 aromatic heterocycles. The molecule has 1 N–H and O–H groups in total. The summed E-state index contributed by atoms with van der Waals surface area (Å²) in [6.07, 6.45) is 2.88. The molecule has 0 saturated carbocycles. The van der Waals surface area contributed by atoms with Crippen molar-refractivity contribution in [2.24, 2.45) is 5.92 Å². The van der Waals surface area contributed by atoms with E-state index in [-0.39, 0.29) is 6.04 Å². The fraction of sp³-hybridized carbons (Fsp3) is 0.786. The molecule has 0 amide bonds. The Balaban J connectivity index is 2.90. The van der Waals surface area contributed by atoms with Crippen LogP contribution in [0.1, 0.15) is 38.9 Å². The molecule has 0 aliphatic rings. The number of hydrogen-bond donors (Lipinski definition) is 1. The molecule has 0 aromatic carbocycles. The number of nitrogens with zero attached hydrogens (tertiary/aromatic N) is 3. The van der Waals surface area contributed by atoms with E-state index in [4.69, 9.17) is 11.6 Å². The number of hydrogen-bond acceptors (Lipinski definition) is 3. The molecule has 0 spiro atoms. The Morgan fingerprint density at radius 1 is 1.42 bits per heavy atom. The van der Waals surface area contributed by atoms with Crippen LogP contribution < -0.4 is 5.32 Å². The average Bonchev–Trinajstić information content (AvgIpc) is 2.69. The molecule has 1 aromatic rings. The molecule has 0 saturated heterocycles. The van der Waals surface area contributed by atoms with Crippen molar-refractivity contribution >= 4 is 11.6 Å². The van der Waals surface area contributed by atoms with Crippen LogP contribution in [0.25, 0.3) is 0 Å². The molecule has 0 aliphatic carbocycles. The van der Waals surface area contributed by atoms with E-state index in [9.17, 15) is 0 Å². The van der Waals surface area contributed by atoms with Crippen molar-refractivity contribution in [1.29, 1.82) is 0 Å². The molecule has 19 heavy (non-hydrogen) atoms. The van der Waals surface area contributed by atoms with Gasteiger partial charge in [0, 0.05) is 6.54 Å². The molecule has 110 valence electrons. The van der Waals surface area contributed by atoms with Gasteiger partial charge in [0.25, 0.3) is 0 Å². The zero-order valence-corrected chi connectivity index (χ0v) is 13.5. The number of halogens is 1. The summed E-state index contributed by atoms with van der Waals surface area (Å²) in [5, 5.41) is 8.76. The summed E-state index contributed by atoms with van der Waals surface area (Å²) >= 11 is 6.34. The topological polar surface area (TPSA) is 33.1 Å². The highest BCUT2D eigenvalue weighted by Gasteiger charge is 2.22. The van der Waals surface area contributed by atoms with Crippen molar-refractivity contribution in [3.63, 3.8) is 0 Å². The lowest BCUT2D eigenvalue weighted by Crippen LogP contribution is -2.30. The zero-order chi connectivity index (χ0) is 14.4. The highest BCUT2D eigenvalue weighted by Crippen LogP contribution is 2.28. The predicted octanol–water partition coefficient (Wildman–Crippen LogP) is 2.79. The molecule has 1 atom stereocenters. The Kier molecular flexibility index (Phi) is 6.83. The lowest BCUT2D eigenvalue weighted by Gasteiger charge is -2.24. The maximum atomic E-state index is 6.34. The number of likely N-dealkylation sites (N-methyl/N-ethyl adjacent to an activating group) is 1. The predicted molar refractivity (Wildman–Crippen MR) is 81.7 cm³/mol. The highest BCUT2D eigenvalue weighted by molar-refractivity contribution is 6.31. The van der Waals surface area contributed by atoms with Crippen LogP contribution in [0.5, 0.6) is 0 Å². The average molecular weight is 287 g/mol. The van der Waals surface area contributed by atoms with Crippen LogP contribution in [0.3, 0.4) is 0 Å². The van der Waals surface area contributed by atoms with Gasteiger partial charge in [-0.25, -0.2) is 0 Å². The van der Waals surface area contributed by atoms with Crippen molar-refractivity contribution in [2.75, 3.05) is 27.2 Å². The smallest absolute Gasteiger partial charge is 0.0834 e. The molecular formula is C14H27ClN4. The quantitative estimate of drug-likeness (QED) is 0.798. The van der Waals surface area contributed by atoms with Crippen molar-refractivity contribution in [3.05, 3.63) is 16.9 Å². The second-order valence-corrected chi connectivity index (χ2v) is 5.99. The lowest BCUT2D eigenvalue weighted by molar-refractivity contribution is 0.344. The molecule has 0 aliphatic heterocycles. The number of aromatic nitrogens is 2. The first-order valence-electron chi connectivity index (χ1n) is 7.06. The van der Waals surface area contributed by atoms with Gasteiger partial charge in [0.05, 0.1) is 29.5 Å². The van der Waals surface area contributed by atoms with Crippen molar-refractivity contribution in [1.82, 2.24) is 20.0 Å². The first kappa shape index (κ1) is 16.5.